The molecule has 3 unspecified atom stereocenters. The molecular weight excluding hydrogens is 534 g/mol. The van der Waals surface area contributed by atoms with Crippen molar-refractivity contribution in [3.8, 4) is 0 Å². The number of carbonyl (C=O) groups excluding carboxylic acids is 1. The molecule has 0 bridgehead atoms. The number of sulfonamides is 1. The number of carbonyl (C=O) groups is 1. The second-order valence-corrected chi connectivity index (χ2v) is 13.2. The monoisotopic (exact) mass is 577 g/mol. The number of hydrogen-bond donors (Lipinski definition) is 1. The summed E-state index contributed by atoms with van der Waals surface area (Å²) in [4.78, 5) is 15.6. The summed E-state index contributed by atoms with van der Waals surface area (Å²) >= 11 is 0. The number of benzene rings is 3. The van der Waals surface area contributed by atoms with Crippen LogP contribution in [0.5, 0.6) is 0 Å². The summed E-state index contributed by atoms with van der Waals surface area (Å²) in [5, 5.41) is 3.57. The summed E-state index contributed by atoms with van der Waals surface area (Å²) in [5.74, 6) is -0.292. The zero-order chi connectivity index (χ0) is 29.3. The summed E-state index contributed by atoms with van der Waals surface area (Å²) in [7, 11) is -1.96. The Morgan fingerprint density at radius 1 is 1.00 bits per heavy atom. The third-order valence-corrected chi connectivity index (χ3v) is 9.97. The number of nitrogens with zero attached hydrogens (tertiary/aromatic N) is 2. The van der Waals surface area contributed by atoms with Crippen molar-refractivity contribution in [1.29, 1.82) is 0 Å². The molecule has 0 spiro atoms. The molecule has 41 heavy (non-hydrogen) atoms. The van der Waals surface area contributed by atoms with Gasteiger partial charge in [0.25, 0.3) is 0 Å². The first-order chi connectivity index (χ1) is 19.7. The van der Waals surface area contributed by atoms with Crippen LogP contribution in [-0.2, 0) is 31.6 Å². The number of likely N-dealkylation sites (tertiary alicyclic amines) is 1. The molecule has 0 amide bonds. The van der Waals surface area contributed by atoms with E-state index in [9.17, 15) is 13.2 Å². The normalized spacial score (nSPS) is 19.5. The van der Waals surface area contributed by atoms with Gasteiger partial charge in [0.05, 0.1) is 17.0 Å². The first-order valence-electron chi connectivity index (χ1n) is 14.5. The minimum Gasteiger partial charge on any atom is -0.461 e. The van der Waals surface area contributed by atoms with Crippen molar-refractivity contribution in [2.24, 2.45) is 5.92 Å². The summed E-state index contributed by atoms with van der Waals surface area (Å²) in [6.07, 6.45) is 2.23. The van der Waals surface area contributed by atoms with Crippen LogP contribution < -0.4 is 5.32 Å². The predicted octanol–water partition coefficient (Wildman–Crippen LogP) is 5.05. The third-order valence-electron chi connectivity index (χ3n) is 8.15. The second-order valence-electron chi connectivity index (χ2n) is 11.2. The van der Waals surface area contributed by atoms with Crippen LogP contribution in [0.3, 0.4) is 0 Å². The lowest BCUT2D eigenvalue weighted by molar-refractivity contribution is -0.152. The van der Waals surface area contributed by atoms with E-state index in [1.165, 1.54) is 4.31 Å². The Labute approximate surface area is 245 Å². The fourth-order valence-electron chi connectivity index (χ4n) is 5.68. The first-order valence-corrected chi connectivity index (χ1v) is 15.9. The number of ether oxygens (including phenoxy) is 1. The topological polar surface area (TPSA) is 79.0 Å². The minimum absolute atomic E-state index is 0.0498. The highest BCUT2D eigenvalue weighted by Crippen LogP contribution is 2.32. The number of esters is 1. The molecule has 0 saturated carbocycles. The van der Waals surface area contributed by atoms with Crippen LogP contribution in [0.25, 0.3) is 0 Å². The van der Waals surface area contributed by atoms with Gasteiger partial charge in [-0.1, -0.05) is 92.7 Å². The maximum absolute atomic E-state index is 13.4. The van der Waals surface area contributed by atoms with Crippen molar-refractivity contribution in [1.82, 2.24) is 14.5 Å². The molecule has 3 aromatic rings. The molecule has 0 aliphatic carbocycles. The van der Waals surface area contributed by atoms with E-state index >= 15 is 0 Å². The van der Waals surface area contributed by atoms with Gasteiger partial charge < -0.3 is 10.1 Å². The van der Waals surface area contributed by atoms with E-state index in [1.54, 1.807) is 31.3 Å². The third kappa shape index (κ3) is 8.04. The molecule has 7 nitrogen and oxygen atoms in total. The van der Waals surface area contributed by atoms with Crippen LogP contribution in [0, 0.1) is 5.92 Å². The highest BCUT2D eigenvalue weighted by Gasteiger charge is 2.36. The quantitative estimate of drug-likeness (QED) is 0.287. The van der Waals surface area contributed by atoms with E-state index in [0.717, 1.165) is 43.6 Å². The molecular formula is C33H43N3O4S. The Hall–Kier alpha value is -3.04. The molecule has 0 aromatic heterocycles. The van der Waals surface area contributed by atoms with Gasteiger partial charge in [-0.05, 0) is 49.1 Å². The Bertz CT molecular complexity index is 1340. The molecule has 3 atom stereocenters. The van der Waals surface area contributed by atoms with Gasteiger partial charge in [-0.2, -0.15) is 0 Å². The Morgan fingerprint density at radius 3 is 2.24 bits per heavy atom. The second kappa shape index (κ2) is 14.2. The summed E-state index contributed by atoms with van der Waals surface area (Å²) in [5.41, 5.74) is 1.68. The maximum Gasteiger partial charge on any atom is 0.309 e. The Morgan fingerprint density at radius 2 is 1.61 bits per heavy atom. The van der Waals surface area contributed by atoms with Gasteiger partial charge in [-0.25, -0.2) is 12.7 Å². The van der Waals surface area contributed by atoms with Crippen LogP contribution in [0.15, 0.2) is 95.9 Å². The van der Waals surface area contributed by atoms with E-state index in [4.69, 9.17) is 4.74 Å². The van der Waals surface area contributed by atoms with Gasteiger partial charge in [0.15, 0.2) is 0 Å². The van der Waals surface area contributed by atoms with Gasteiger partial charge in [0.1, 0.15) is 6.61 Å². The van der Waals surface area contributed by atoms with Gasteiger partial charge in [0, 0.05) is 32.1 Å². The molecule has 0 radical (unpaired) electrons. The number of hydrogen-bond acceptors (Lipinski definition) is 6. The van der Waals surface area contributed by atoms with Crippen LogP contribution in [0.4, 0.5) is 0 Å². The Kier molecular flexibility index (Phi) is 10.7. The summed E-state index contributed by atoms with van der Waals surface area (Å²) < 4.78 is 33.9. The van der Waals surface area contributed by atoms with Crippen molar-refractivity contribution in [3.63, 3.8) is 0 Å². The van der Waals surface area contributed by atoms with Crippen molar-refractivity contribution in [2.45, 2.75) is 56.2 Å². The predicted molar refractivity (Wildman–Crippen MR) is 163 cm³/mol. The average molecular weight is 578 g/mol. The standard InChI is InChI=1S/C33H43N3O4S/c1-4-34-31-24-28(32(37)40-25-27-14-8-5-9-15-27)20-22-36(31)23-21-33(2,29-16-10-6-11-17-29)26-35(3)41(38,39)30-18-12-7-13-19-30/h5-19,28,31,34H,4,20-26H2,1-3H3. The smallest absolute Gasteiger partial charge is 0.309 e. The lowest BCUT2D eigenvalue weighted by atomic mass is 9.79. The van der Waals surface area contributed by atoms with Gasteiger partial charge >= 0.3 is 5.97 Å². The molecule has 8 heteroatoms. The number of nitrogens with one attached hydrogen (secondary N) is 1. The molecule has 220 valence electrons. The van der Waals surface area contributed by atoms with Crippen molar-refractivity contribution in [3.05, 3.63) is 102 Å². The molecule has 1 aliphatic rings. The first kappa shape index (κ1) is 30.9. The zero-order valence-electron chi connectivity index (χ0n) is 24.4. The molecule has 1 heterocycles. The molecule has 3 aromatic carbocycles. The fourth-order valence-corrected chi connectivity index (χ4v) is 7.00. The van der Waals surface area contributed by atoms with Gasteiger partial charge in [-0.3, -0.25) is 9.69 Å². The molecule has 1 fully saturated rings. The van der Waals surface area contributed by atoms with Crippen molar-refractivity contribution < 1.29 is 17.9 Å². The summed E-state index contributed by atoms with van der Waals surface area (Å²) in [6.45, 7) is 7.20. The molecule has 4 rings (SSSR count). The van der Waals surface area contributed by atoms with E-state index in [0.29, 0.717) is 24.5 Å². The van der Waals surface area contributed by atoms with Crippen LogP contribution in [0.1, 0.15) is 44.2 Å². The summed E-state index contributed by atoms with van der Waals surface area (Å²) in [6, 6.07) is 28.5. The molecule has 1 N–H and O–H groups in total. The average Bonchev–Trinajstić information content (AvgIpc) is 3.00. The van der Waals surface area contributed by atoms with Crippen LogP contribution >= 0.6 is 0 Å². The molecule has 1 saturated heterocycles. The maximum atomic E-state index is 13.4. The van der Waals surface area contributed by atoms with E-state index in [1.807, 2.05) is 54.6 Å². The highest BCUT2D eigenvalue weighted by molar-refractivity contribution is 7.89. The zero-order valence-corrected chi connectivity index (χ0v) is 25.2. The lowest BCUT2D eigenvalue weighted by Gasteiger charge is -2.42. The van der Waals surface area contributed by atoms with Gasteiger partial charge in [-0.15, -0.1) is 0 Å². The fraction of sp³-hybridized carbons (Fsp3) is 0.424. The number of likely N-dealkylation sites (N-methyl/N-ethyl adjacent to an activating group) is 1. The Balaban J connectivity index is 1.44. The lowest BCUT2D eigenvalue weighted by Crippen LogP contribution is -2.53. The van der Waals surface area contributed by atoms with Crippen molar-refractivity contribution in [2.75, 3.05) is 33.2 Å². The van der Waals surface area contributed by atoms with E-state index in [2.05, 4.69) is 36.2 Å². The largest absolute Gasteiger partial charge is 0.461 e. The SMILES string of the molecule is CCNC1CC(C(=O)OCc2ccccc2)CCN1CCC(C)(CN(C)S(=O)(=O)c1ccccc1)c1ccccc1. The van der Waals surface area contributed by atoms with Crippen LogP contribution in [-0.4, -0.2) is 63.0 Å². The van der Waals surface area contributed by atoms with Gasteiger partial charge in [0.2, 0.25) is 10.0 Å². The minimum atomic E-state index is -3.63. The molecule has 1 aliphatic heterocycles. The van der Waals surface area contributed by atoms with E-state index < -0.39 is 15.4 Å². The highest BCUT2D eigenvalue weighted by atomic mass is 32.2. The van der Waals surface area contributed by atoms with Crippen molar-refractivity contribution >= 4 is 16.0 Å². The number of rotatable bonds is 13. The van der Waals surface area contributed by atoms with E-state index in [-0.39, 0.29) is 18.1 Å². The van der Waals surface area contributed by atoms with Crippen LogP contribution in [0.2, 0.25) is 0 Å². The number of piperidine rings is 1.